The Labute approximate surface area is 69.8 Å². The molecule has 0 unspecified atom stereocenters. The standard InChI is InChI=1S/C7H12N2.C2H6/c1-4-5-7(2)9-6-8-3;1-2/h4-6H,1-3H3;1-2H3/b5-4-,8-6?,9-7?;. The van der Waals surface area contributed by atoms with E-state index in [1.165, 1.54) is 6.34 Å². The minimum absolute atomic E-state index is 0.975. The van der Waals surface area contributed by atoms with Gasteiger partial charge in [-0.05, 0) is 19.9 Å². The van der Waals surface area contributed by atoms with Crippen LogP contribution in [0.5, 0.6) is 0 Å². The highest BCUT2D eigenvalue weighted by molar-refractivity contribution is 5.97. The van der Waals surface area contributed by atoms with Gasteiger partial charge in [0.2, 0.25) is 0 Å². The van der Waals surface area contributed by atoms with Gasteiger partial charge in [-0.25, -0.2) is 4.99 Å². The number of nitrogens with zero attached hydrogens (tertiary/aromatic N) is 2. The van der Waals surface area contributed by atoms with Crippen LogP contribution in [0, 0.1) is 0 Å². The molecule has 2 heteroatoms. The van der Waals surface area contributed by atoms with Crippen LogP contribution in [0.4, 0.5) is 0 Å². The average molecular weight is 154 g/mol. The fraction of sp³-hybridized carbons (Fsp3) is 0.556. The fourth-order valence-electron chi connectivity index (χ4n) is 0.433. The van der Waals surface area contributed by atoms with Crippen molar-refractivity contribution >= 4 is 12.1 Å². The lowest BCUT2D eigenvalue weighted by molar-refractivity contribution is 1.44. The Morgan fingerprint density at radius 2 is 1.82 bits per heavy atom. The Morgan fingerprint density at radius 3 is 2.18 bits per heavy atom. The molecule has 0 amide bonds. The summed E-state index contributed by atoms with van der Waals surface area (Å²) in [7, 11) is 1.70. The van der Waals surface area contributed by atoms with Gasteiger partial charge in [-0.15, -0.1) is 0 Å². The summed E-state index contributed by atoms with van der Waals surface area (Å²) in [5.41, 5.74) is 0.975. The van der Waals surface area contributed by atoms with Crippen molar-refractivity contribution in [1.82, 2.24) is 0 Å². The molecular weight excluding hydrogens is 136 g/mol. The van der Waals surface area contributed by atoms with Gasteiger partial charge in [0, 0.05) is 12.8 Å². The summed E-state index contributed by atoms with van der Waals surface area (Å²) in [4.78, 5) is 7.68. The highest BCUT2D eigenvalue weighted by atomic mass is 14.8. The first-order chi connectivity index (χ1) is 5.31. The molecule has 0 saturated heterocycles. The molecule has 11 heavy (non-hydrogen) atoms. The van der Waals surface area contributed by atoms with Crippen LogP contribution < -0.4 is 0 Å². The molecule has 0 spiro atoms. The molecule has 0 heterocycles. The summed E-state index contributed by atoms with van der Waals surface area (Å²) in [5, 5.41) is 0. The second-order valence-electron chi connectivity index (χ2n) is 1.64. The minimum Gasteiger partial charge on any atom is -0.277 e. The molecule has 2 nitrogen and oxygen atoms in total. The van der Waals surface area contributed by atoms with E-state index in [1.807, 2.05) is 39.8 Å². The van der Waals surface area contributed by atoms with Crippen LogP contribution in [0.15, 0.2) is 22.1 Å². The second-order valence-corrected chi connectivity index (χ2v) is 1.64. The number of allylic oxidation sites excluding steroid dienone is 2. The summed E-state index contributed by atoms with van der Waals surface area (Å²) in [6.45, 7) is 7.89. The van der Waals surface area contributed by atoms with E-state index in [4.69, 9.17) is 0 Å². The predicted octanol–water partition coefficient (Wildman–Crippen LogP) is 2.71. The quantitative estimate of drug-likeness (QED) is 0.431. The first-order valence-corrected chi connectivity index (χ1v) is 3.89. The lowest BCUT2D eigenvalue weighted by atomic mass is 10.4. The van der Waals surface area contributed by atoms with Crippen LogP contribution in [-0.2, 0) is 0 Å². The SMILES string of the molecule is C/C=C\C(C)=NC=NC.CC. The third-order valence-electron chi connectivity index (χ3n) is 0.785. The smallest absolute Gasteiger partial charge is 0.109 e. The van der Waals surface area contributed by atoms with Crippen molar-refractivity contribution < 1.29 is 0 Å². The minimum atomic E-state index is 0.975. The number of aliphatic imine (C=N–C) groups is 2. The highest BCUT2D eigenvalue weighted by Gasteiger charge is 1.74. The molecule has 0 radical (unpaired) electrons. The lowest BCUT2D eigenvalue weighted by Crippen LogP contribution is -1.82. The summed E-state index contributed by atoms with van der Waals surface area (Å²) >= 11 is 0. The van der Waals surface area contributed by atoms with E-state index in [0.29, 0.717) is 0 Å². The van der Waals surface area contributed by atoms with Crippen LogP contribution >= 0.6 is 0 Å². The molecule has 0 N–H and O–H groups in total. The monoisotopic (exact) mass is 154 g/mol. The maximum Gasteiger partial charge on any atom is 0.109 e. The Bertz CT molecular complexity index is 144. The van der Waals surface area contributed by atoms with Crippen molar-refractivity contribution in [2.24, 2.45) is 9.98 Å². The molecule has 0 atom stereocenters. The highest BCUT2D eigenvalue weighted by Crippen LogP contribution is 1.77. The molecule has 0 saturated carbocycles. The molecule has 0 rings (SSSR count). The van der Waals surface area contributed by atoms with Crippen molar-refractivity contribution in [3.05, 3.63) is 12.2 Å². The lowest BCUT2D eigenvalue weighted by Gasteiger charge is -1.82. The summed E-state index contributed by atoms with van der Waals surface area (Å²) < 4.78 is 0. The van der Waals surface area contributed by atoms with E-state index >= 15 is 0 Å². The third-order valence-corrected chi connectivity index (χ3v) is 0.785. The van der Waals surface area contributed by atoms with E-state index in [9.17, 15) is 0 Å². The Balaban J connectivity index is 0. The van der Waals surface area contributed by atoms with E-state index in [1.54, 1.807) is 7.05 Å². The topological polar surface area (TPSA) is 24.7 Å². The van der Waals surface area contributed by atoms with Gasteiger partial charge in [0.1, 0.15) is 6.34 Å². The van der Waals surface area contributed by atoms with Crippen molar-refractivity contribution in [1.29, 1.82) is 0 Å². The summed E-state index contributed by atoms with van der Waals surface area (Å²) in [5.74, 6) is 0. The van der Waals surface area contributed by atoms with Gasteiger partial charge in [0.15, 0.2) is 0 Å². The third kappa shape index (κ3) is 12.3. The average Bonchev–Trinajstić information content (AvgIpc) is 2.05. The van der Waals surface area contributed by atoms with Crippen LogP contribution in [0.2, 0.25) is 0 Å². The Kier molecular flexibility index (Phi) is 13.7. The van der Waals surface area contributed by atoms with Crippen LogP contribution in [0.25, 0.3) is 0 Å². The zero-order chi connectivity index (χ0) is 9.11. The molecule has 0 aromatic heterocycles. The molecule has 0 fully saturated rings. The van der Waals surface area contributed by atoms with Gasteiger partial charge in [-0.2, -0.15) is 0 Å². The van der Waals surface area contributed by atoms with Crippen molar-refractivity contribution in [2.45, 2.75) is 27.7 Å². The van der Waals surface area contributed by atoms with Gasteiger partial charge in [-0.1, -0.05) is 19.9 Å². The van der Waals surface area contributed by atoms with Crippen LogP contribution in [-0.4, -0.2) is 19.1 Å². The van der Waals surface area contributed by atoms with Gasteiger partial charge in [0.05, 0.1) is 0 Å². The van der Waals surface area contributed by atoms with Gasteiger partial charge < -0.3 is 0 Å². The zero-order valence-electron chi connectivity index (χ0n) is 8.13. The van der Waals surface area contributed by atoms with Crippen LogP contribution in [0.3, 0.4) is 0 Å². The molecular formula is C9H18N2. The largest absolute Gasteiger partial charge is 0.277 e. The van der Waals surface area contributed by atoms with Gasteiger partial charge in [0.25, 0.3) is 0 Å². The van der Waals surface area contributed by atoms with Crippen molar-refractivity contribution in [2.75, 3.05) is 7.05 Å². The fourth-order valence-corrected chi connectivity index (χ4v) is 0.433. The van der Waals surface area contributed by atoms with Crippen molar-refractivity contribution in [3.8, 4) is 0 Å². The molecule has 0 aliphatic heterocycles. The van der Waals surface area contributed by atoms with Crippen LogP contribution in [0.1, 0.15) is 27.7 Å². The number of hydrogen-bond acceptors (Lipinski definition) is 1. The molecule has 64 valence electrons. The maximum absolute atomic E-state index is 3.97. The number of hydrogen-bond donors (Lipinski definition) is 0. The van der Waals surface area contributed by atoms with Gasteiger partial charge >= 0.3 is 0 Å². The van der Waals surface area contributed by atoms with Gasteiger partial charge in [-0.3, -0.25) is 4.99 Å². The zero-order valence-corrected chi connectivity index (χ0v) is 8.13. The molecule has 0 aromatic rings. The summed E-state index contributed by atoms with van der Waals surface area (Å²) in [6.07, 6.45) is 5.42. The Morgan fingerprint density at radius 1 is 1.27 bits per heavy atom. The predicted molar refractivity (Wildman–Crippen MR) is 53.7 cm³/mol. The molecule has 0 bridgehead atoms. The van der Waals surface area contributed by atoms with E-state index in [0.717, 1.165) is 5.71 Å². The van der Waals surface area contributed by atoms with E-state index in [2.05, 4.69) is 9.98 Å². The first-order valence-electron chi connectivity index (χ1n) is 3.89. The van der Waals surface area contributed by atoms with E-state index in [-0.39, 0.29) is 0 Å². The first kappa shape index (κ1) is 12.7. The summed E-state index contributed by atoms with van der Waals surface area (Å²) in [6, 6.07) is 0. The molecule has 0 aliphatic carbocycles. The second kappa shape index (κ2) is 11.8. The normalized spacial score (nSPS) is 11.9. The number of rotatable bonds is 2. The molecule has 0 aliphatic rings. The maximum atomic E-state index is 3.97. The van der Waals surface area contributed by atoms with E-state index < -0.39 is 0 Å². The van der Waals surface area contributed by atoms with Crippen molar-refractivity contribution in [3.63, 3.8) is 0 Å². The molecule has 0 aromatic carbocycles. The Hall–Kier alpha value is -0.920.